The minimum Gasteiger partial charge on any atom is -0.424 e. The van der Waals surface area contributed by atoms with Crippen molar-refractivity contribution in [3.05, 3.63) is 11.8 Å². The summed E-state index contributed by atoms with van der Waals surface area (Å²) in [6.45, 7) is 2.54. The molecule has 0 amide bonds. The van der Waals surface area contributed by atoms with E-state index in [2.05, 4.69) is 10.2 Å². The van der Waals surface area contributed by atoms with Gasteiger partial charge in [0.1, 0.15) is 6.04 Å². The van der Waals surface area contributed by atoms with Crippen molar-refractivity contribution >= 4 is 10.0 Å². The Balaban J connectivity index is 2.29. The van der Waals surface area contributed by atoms with Gasteiger partial charge in [0.05, 0.1) is 12.3 Å². The fourth-order valence-electron chi connectivity index (χ4n) is 2.18. The highest BCUT2D eigenvalue weighted by Crippen LogP contribution is 2.42. The van der Waals surface area contributed by atoms with E-state index in [1.54, 1.807) is 0 Å². The summed E-state index contributed by atoms with van der Waals surface area (Å²) in [5.74, 6) is -3.07. The maximum Gasteiger partial charge on any atom is 0.263 e. The molecule has 1 aromatic rings. The van der Waals surface area contributed by atoms with Gasteiger partial charge in [-0.1, -0.05) is 13.3 Å². The molecular formula is C11H17F2N3O3S. The Morgan fingerprint density at radius 1 is 1.45 bits per heavy atom. The van der Waals surface area contributed by atoms with Gasteiger partial charge in [-0.05, 0) is 6.42 Å². The van der Waals surface area contributed by atoms with Crippen LogP contribution in [0, 0.1) is 6.92 Å². The van der Waals surface area contributed by atoms with Crippen LogP contribution in [0.3, 0.4) is 0 Å². The van der Waals surface area contributed by atoms with Crippen LogP contribution in [0.15, 0.2) is 4.42 Å². The standard InChI is InChI=1S/C11H17F2N3O3S/c1-3-4-5-20(17,18)16-7-11(12,13)6-9(16)10-15-14-8(2)19-10/h9H,3-7H2,1-2H3/t9-/m0/s1. The zero-order valence-corrected chi connectivity index (χ0v) is 12.2. The molecule has 0 saturated carbocycles. The van der Waals surface area contributed by atoms with Gasteiger partial charge in [0.25, 0.3) is 5.92 Å². The van der Waals surface area contributed by atoms with Crippen LogP contribution in [0.5, 0.6) is 0 Å². The molecule has 0 unspecified atom stereocenters. The van der Waals surface area contributed by atoms with Crippen molar-refractivity contribution in [1.82, 2.24) is 14.5 Å². The molecule has 0 spiro atoms. The Morgan fingerprint density at radius 3 is 2.70 bits per heavy atom. The highest BCUT2D eigenvalue weighted by atomic mass is 32.2. The number of sulfonamides is 1. The Hall–Kier alpha value is -1.09. The molecule has 0 aliphatic carbocycles. The van der Waals surface area contributed by atoms with E-state index in [1.165, 1.54) is 6.92 Å². The molecule has 0 bridgehead atoms. The molecule has 2 heterocycles. The van der Waals surface area contributed by atoms with Crippen LogP contribution in [0.4, 0.5) is 8.78 Å². The van der Waals surface area contributed by atoms with Crippen LogP contribution in [0.2, 0.25) is 0 Å². The summed E-state index contributed by atoms with van der Waals surface area (Å²) in [6, 6.07) is -1.08. The first-order valence-electron chi connectivity index (χ1n) is 6.42. The summed E-state index contributed by atoms with van der Waals surface area (Å²) in [6.07, 6.45) is 0.480. The predicted molar refractivity (Wildman–Crippen MR) is 66.7 cm³/mol. The first-order valence-corrected chi connectivity index (χ1v) is 8.03. The van der Waals surface area contributed by atoms with Gasteiger partial charge in [0.15, 0.2) is 0 Å². The van der Waals surface area contributed by atoms with Crippen molar-refractivity contribution in [2.24, 2.45) is 0 Å². The van der Waals surface area contributed by atoms with E-state index in [-0.39, 0.29) is 17.5 Å². The maximum atomic E-state index is 13.6. The van der Waals surface area contributed by atoms with Crippen LogP contribution >= 0.6 is 0 Å². The van der Waals surface area contributed by atoms with Gasteiger partial charge in [-0.2, -0.15) is 4.31 Å². The van der Waals surface area contributed by atoms with Crippen LogP contribution in [-0.4, -0.2) is 41.1 Å². The number of hydrogen-bond acceptors (Lipinski definition) is 5. The third kappa shape index (κ3) is 3.14. The van der Waals surface area contributed by atoms with E-state index >= 15 is 0 Å². The lowest BCUT2D eigenvalue weighted by molar-refractivity contribution is 0.0166. The number of aromatic nitrogens is 2. The van der Waals surface area contributed by atoms with E-state index in [0.717, 1.165) is 4.31 Å². The van der Waals surface area contributed by atoms with Gasteiger partial charge in [-0.3, -0.25) is 0 Å². The Bertz CT molecular complexity index is 573. The molecule has 0 aromatic carbocycles. The van der Waals surface area contributed by atoms with E-state index < -0.39 is 35.0 Å². The molecule has 0 N–H and O–H groups in total. The van der Waals surface area contributed by atoms with Crippen molar-refractivity contribution in [3.63, 3.8) is 0 Å². The molecule has 2 rings (SSSR count). The quantitative estimate of drug-likeness (QED) is 0.830. The van der Waals surface area contributed by atoms with Gasteiger partial charge in [0, 0.05) is 13.3 Å². The predicted octanol–water partition coefficient (Wildman–Crippen LogP) is 1.89. The van der Waals surface area contributed by atoms with Crippen LogP contribution in [-0.2, 0) is 10.0 Å². The summed E-state index contributed by atoms with van der Waals surface area (Å²) < 4.78 is 57.5. The first kappa shape index (κ1) is 15.3. The third-order valence-corrected chi connectivity index (χ3v) is 5.07. The van der Waals surface area contributed by atoms with Crippen LogP contribution in [0.1, 0.15) is 44.0 Å². The Morgan fingerprint density at radius 2 is 2.15 bits per heavy atom. The summed E-state index contributed by atoms with van der Waals surface area (Å²) in [4.78, 5) is 0. The Labute approximate surface area is 116 Å². The summed E-state index contributed by atoms with van der Waals surface area (Å²) in [7, 11) is -3.76. The van der Waals surface area contributed by atoms with Gasteiger partial charge in [0.2, 0.25) is 21.8 Å². The zero-order valence-electron chi connectivity index (χ0n) is 11.3. The molecule has 1 atom stereocenters. The fourth-order valence-corrected chi connectivity index (χ4v) is 4.01. The fraction of sp³-hybridized carbons (Fsp3) is 0.818. The first-order chi connectivity index (χ1) is 9.25. The van der Waals surface area contributed by atoms with Gasteiger partial charge in [-0.15, -0.1) is 10.2 Å². The highest BCUT2D eigenvalue weighted by molar-refractivity contribution is 7.89. The summed E-state index contributed by atoms with van der Waals surface area (Å²) in [5, 5.41) is 7.26. The van der Waals surface area contributed by atoms with Crippen LogP contribution < -0.4 is 0 Å². The second-order valence-electron chi connectivity index (χ2n) is 4.95. The minimum absolute atomic E-state index is 0.0697. The average Bonchev–Trinajstić information content (AvgIpc) is 2.90. The smallest absolute Gasteiger partial charge is 0.263 e. The highest BCUT2D eigenvalue weighted by Gasteiger charge is 2.52. The summed E-state index contributed by atoms with van der Waals surface area (Å²) >= 11 is 0. The molecule has 1 aliphatic heterocycles. The molecule has 1 saturated heterocycles. The van der Waals surface area contributed by atoms with E-state index in [1.807, 2.05) is 6.92 Å². The number of nitrogens with zero attached hydrogens (tertiary/aromatic N) is 3. The van der Waals surface area contributed by atoms with Crippen molar-refractivity contribution in [2.45, 2.75) is 45.1 Å². The number of alkyl halides is 2. The van der Waals surface area contributed by atoms with Crippen molar-refractivity contribution in [1.29, 1.82) is 0 Å². The number of hydrogen-bond donors (Lipinski definition) is 0. The van der Waals surface area contributed by atoms with Gasteiger partial charge in [-0.25, -0.2) is 17.2 Å². The molecule has 114 valence electrons. The molecular weight excluding hydrogens is 292 g/mol. The Kier molecular flexibility index (Phi) is 4.10. The minimum atomic E-state index is -3.76. The number of unbranched alkanes of at least 4 members (excludes halogenated alkanes) is 1. The number of halogens is 2. The second kappa shape index (κ2) is 5.36. The molecule has 6 nitrogen and oxygen atoms in total. The van der Waals surface area contributed by atoms with Crippen molar-refractivity contribution in [2.75, 3.05) is 12.3 Å². The number of aryl methyl sites for hydroxylation is 1. The molecule has 1 fully saturated rings. The second-order valence-corrected chi connectivity index (χ2v) is 6.99. The van der Waals surface area contributed by atoms with Gasteiger partial charge >= 0.3 is 0 Å². The molecule has 0 radical (unpaired) electrons. The molecule has 1 aromatic heterocycles. The topological polar surface area (TPSA) is 76.3 Å². The van der Waals surface area contributed by atoms with E-state index in [0.29, 0.717) is 12.8 Å². The number of rotatable bonds is 5. The zero-order chi connectivity index (χ0) is 15.0. The van der Waals surface area contributed by atoms with Crippen molar-refractivity contribution < 1.29 is 21.6 Å². The lowest BCUT2D eigenvalue weighted by Gasteiger charge is -2.20. The van der Waals surface area contributed by atoms with E-state index in [9.17, 15) is 17.2 Å². The lowest BCUT2D eigenvalue weighted by Crippen LogP contribution is -2.34. The van der Waals surface area contributed by atoms with Crippen LogP contribution in [0.25, 0.3) is 0 Å². The van der Waals surface area contributed by atoms with E-state index in [4.69, 9.17) is 4.42 Å². The maximum absolute atomic E-state index is 13.6. The average molecular weight is 309 g/mol. The van der Waals surface area contributed by atoms with Crippen molar-refractivity contribution in [3.8, 4) is 0 Å². The lowest BCUT2D eigenvalue weighted by atomic mass is 10.2. The monoisotopic (exact) mass is 309 g/mol. The molecule has 1 aliphatic rings. The molecule has 9 heteroatoms. The SMILES string of the molecule is CCCCS(=O)(=O)N1CC(F)(F)C[C@H]1c1nnc(C)o1. The third-order valence-electron chi connectivity index (χ3n) is 3.17. The normalized spacial score (nSPS) is 23.3. The molecule has 20 heavy (non-hydrogen) atoms. The summed E-state index contributed by atoms with van der Waals surface area (Å²) in [5.41, 5.74) is 0. The van der Waals surface area contributed by atoms with Gasteiger partial charge < -0.3 is 4.42 Å². The largest absolute Gasteiger partial charge is 0.424 e.